The Hall–Kier alpha value is 0.420. The van der Waals surface area contributed by atoms with Crippen molar-refractivity contribution in [3.05, 3.63) is 0 Å². The van der Waals surface area contributed by atoms with Crippen LogP contribution in [0.2, 0.25) is 0 Å². The van der Waals surface area contributed by atoms with Crippen LogP contribution in [-0.4, -0.2) is 96.0 Å². The molecule has 0 saturated carbocycles. The molecule has 0 radical (unpaired) electrons. The van der Waals surface area contributed by atoms with Gasteiger partial charge in [0.1, 0.15) is 0 Å². The Morgan fingerprint density at radius 1 is 0.727 bits per heavy atom. The van der Waals surface area contributed by atoms with Gasteiger partial charge in [-0.05, 0) is 32.6 Å². The van der Waals surface area contributed by atoms with Crippen LogP contribution in [0.4, 0.5) is 0 Å². The van der Waals surface area contributed by atoms with Gasteiger partial charge in [-0.1, -0.05) is 37.0 Å². The summed E-state index contributed by atoms with van der Waals surface area (Å²) in [7, 11) is 0. The third-order valence-electron chi connectivity index (χ3n) is 5.14. The van der Waals surface area contributed by atoms with Crippen LogP contribution in [-0.2, 0) is 0 Å². The van der Waals surface area contributed by atoms with Gasteiger partial charge in [-0.2, -0.15) is 0 Å². The van der Waals surface area contributed by atoms with Crippen molar-refractivity contribution < 1.29 is 0 Å². The Kier molecular flexibility index (Phi) is 7.71. The van der Waals surface area contributed by atoms with Crippen molar-refractivity contribution in [3.63, 3.8) is 0 Å². The van der Waals surface area contributed by atoms with E-state index in [1.165, 1.54) is 19.5 Å². The highest BCUT2D eigenvalue weighted by atomic mass is 35.5. The van der Waals surface area contributed by atoms with Gasteiger partial charge in [-0.25, -0.2) is 0 Å². The fourth-order valence-corrected chi connectivity index (χ4v) is 3.91. The average Bonchev–Trinajstić information content (AvgIpc) is 2.51. The number of alkyl halides is 2. The molecular weight excluding hydrogens is 319 g/mol. The summed E-state index contributed by atoms with van der Waals surface area (Å²) in [5.74, 6) is 0. The molecule has 0 N–H and O–H groups in total. The number of nitrogens with zero attached hydrogens (tertiary/aromatic N) is 4. The predicted octanol–water partition coefficient (Wildman–Crippen LogP) is 2.17. The molecule has 2 unspecified atom stereocenters. The SMILES string of the molecule is CCN1CCCN2CCN(CC)CCC(Cl)(Cl)N(CC1)CC2. The van der Waals surface area contributed by atoms with Gasteiger partial charge in [0, 0.05) is 52.2 Å². The molecule has 4 nitrogen and oxygen atoms in total. The fourth-order valence-electron chi connectivity index (χ4n) is 3.41. The number of hydrogen-bond donors (Lipinski definition) is 0. The van der Waals surface area contributed by atoms with E-state index >= 15 is 0 Å². The number of halogens is 2. The zero-order valence-electron chi connectivity index (χ0n) is 14.2. The van der Waals surface area contributed by atoms with Gasteiger partial charge in [-0.15, -0.1) is 0 Å². The topological polar surface area (TPSA) is 13.0 Å². The summed E-state index contributed by atoms with van der Waals surface area (Å²) in [4.78, 5) is 9.87. The molecule has 0 aromatic heterocycles. The van der Waals surface area contributed by atoms with Gasteiger partial charge >= 0.3 is 0 Å². The Morgan fingerprint density at radius 3 is 2.05 bits per heavy atom. The summed E-state index contributed by atoms with van der Waals surface area (Å²) in [6.45, 7) is 16.3. The van der Waals surface area contributed by atoms with Crippen LogP contribution < -0.4 is 0 Å². The predicted molar refractivity (Wildman–Crippen MR) is 95.9 cm³/mol. The van der Waals surface area contributed by atoms with Crippen molar-refractivity contribution >= 4 is 23.2 Å². The second-order valence-electron chi connectivity index (χ2n) is 6.47. The van der Waals surface area contributed by atoms with Gasteiger partial charge in [0.15, 0.2) is 4.46 Å². The Balaban J connectivity index is 2.11. The molecule has 6 heteroatoms. The molecule has 2 bridgehead atoms. The minimum Gasteiger partial charge on any atom is -0.302 e. The first-order valence-electron chi connectivity index (χ1n) is 8.85. The molecule has 0 amide bonds. The maximum Gasteiger partial charge on any atom is 0.172 e. The van der Waals surface area contributed by atoms with Crippen LogP contribution in [0.1, 0.15) is 26.7 Å². The summed E-state index contributed by atoms with van der Waals surface area (Å²) < 4.78 is -0.741. The van der Waals surface area contributed by atoms with Gasteiger partial charge in [0.2, 0.25) is 0 Å². The van der Waals surface area contributed by atoms with E-state index in [4.69, 9.17) is 23.2 Å². The fraction of sp³-hybridized carbons (Fsp3) is 1.00. The van der Waals surface area contributed by atoms with Crippen molar-refractivity contribution in [1.29, 1.82) is 0 Å². The van der Waals surface area contributed by atoms with Crippen LogP contribution >= 0.6 is 23.2 Å². The lowest BCUT2D eigenvalue weighted by Gasteiger charge is -2.41. The quantitative estimate of drug-likeness (QED) is 0.558. The molecule has 0 aromatic rings. The summed E-state index contributed by atoms with van der Waals surface area (Å²) in [5.41, 5.74) is 0. The molecule has 0 aromatic carbocycles. The minimum absolute atomic E-state index is 0.741. The van der Waals surface area contributed by atoms with Crippen molar-refractivity contribution in [3.8, 4) is 0 Å². The molecular formula is C16H32Cl2N4. The zero-order chi connectivity index (χ0) is 16.0. The van der Waals surface area contributed by atoms with E-state index in [1.807, 2.05) is 0 Å². The molecule has 2 aliphatic heterocycles. The normalized spacial score (nSPS) is 32.7. The lowest BCUT2D eigenvalue weighted by atomic mass is 10.2. The maximum absolute atomic E-state index is 6.73. The van der Waals surface area contributed by atoms with E-state index in [0.29, 0.717) is 0 Å². The smallest absolute Gasteiger partial charge is 0.172 e. The molecule has 2 rings (SSSR count). The van der Waals surface area contributed by atoms with Gasteiger partial charge in [0.05, 0.1) is 0 Å². The Labute approximate surface area is 146 Å². The number of hydrogen-bond acceptors (Lipinski definition) is 4. The molecule has 0 aliphatic carbocycles. The van der Waals surface area contributed by atoms with Crippen LogP contribution in [0.5, 0.6) is 0 Å². The highest BCUT2D eigenvalue weighted by Crippen LogP contribution is 2.30. The van der Waals surface area contributed by atoms with Crippen molar-refractivity contribution in [1.82, 2.24) is 19.6 Å². The van der Waals surface area contributed by atoms with Crippen LogP contribution in [0.25, 0.3) is 0 Å². The third-order valence-corrected chi connectivity index (χ3v) is 6.00. The summed E-state index contributed by atoms with van der Waals surface area (Å²) in [5, 5.41) is 0. The first-order chi connectivity index (χ1) is 10.5. The number of likely N-dealkylation sites (N-methyl/N-ethyl adjacent to an activating group) is 2. The molecule has 2 fully saturated rings. The minimum atomic E-state index is -0.741. The van der Waals surface area contributed by atoms with E-state index in [-0.39, 0.29) is 0 Å². The number of fused-ring (bicyclic) bond motifs is 3. The Morgan fingerprint density at radius 2 is 1.32 bits per heavy atom. The summed E-state index contributed by atoms with van der Waals surface area (Å²) >= 11 is 13.5. The maximum atomic E-state index is 6.73. The standard InChI is InChI=1S/C16H32Cl2N4/c1-3-19-7-5-8-21-11-10-20(4-2)9-6-16(17,18)22(14-12-19)15-13-21/h3-15H2,1-2H3. The number of rotatable bonds is 2. The molecule has 2 saturated heterocycles. The van der Waals surface area contributed by atoms with Crippen LogP contribution in [0.15, 0.2) is 0 Å². The van der Waals surface area contributed by atoms with E-state index in [0.717, 1.165) is 65.3 Å². The van der Waals surface area contributed by atoms with E-state index in [1.54, 1.807) is 0 Å². The van der Waals surface area contributed by atoms with Crippen molar-refractivity contribution in [2.45, 2.75) is 31.1 Å². The van der Waals surface area contributed by atoms with E-state index in [9.17, 15) is 0 Å². The molecule has 130 valence electrons. The Bertz CT molecular complexity index is 325. The van der Waals surface area contributed by atoms with Gasteiger partial charge in [-0.3, -0.25) is 4.90 Å². The molecule has 2 aliphatic rings. The highest BCUT2D eigenvalue weighted by Gasteiger charge is 2.33. The van der Waals surface area contributed by atoms with Gasteiger partial charge < -0.3 is 14.7 Å². The van der Waals surface area contributed by atoms with E-state index in [2.05, 4.69) is 33.4 Å². The first-order valence-corrected chi connectivity index (χ1v) is 9.60. The first kappa shape index (κ1) is 18.8. The van der Waals surface area contributed by atoms with E-state index < -0.39 is 4.46 Å². The zero-order valence-corrected chi connectivity index (χ0v) is 15.7. The molecule has 0 spiro atoms. The summed E-state index contributed by atoms with van der Waals surface area (Å²) in [6.07, 6.45) is 2.07. The highest BCUT2D eigenvalue weighted by molar-refractivity contribution is 6.48. The molecule has 22 heavy (non-hydrogen) atoms. The van der Waals surface area contributed by atoms with Crippen molar-refractivity contribution in [2.24, 2.45) is 0 Å². The lowest BCUT2D eigenvalue weighted by molar-refractivity contribution is 0.102. The second-order valence-corrected chi connectivity index (χ2v) is 7.91. The second kappa shape index (κ2) is 9.05. The largest absolute Gasteiger partial charge is 0.302 e. The van der Waals surface area contributed by atoms with Gasteiger partial charge in [0.25, 0.3) is 0 Å². The van der Waals surface area contributed by atoms with Crippen molar-refractivity contribution in [2.75, 3.05) is 72.0 Å². The molecule has 2 heterocycles. The summed E-state index contributed by atoms with van der Waals surface area (Å²) in [6, 6.07) is 0. The third kappa shape index (κ3) is 5.50. The van der Waals surface area contributed by atoms with Crippen LogP contribution in [0.3, 0.4) is 0 Å². The monoisotopic (exact) mass is 350 g/mol. The van der Waals surface area contributed by atoms with Crippen LogP contribution in [0, 0.1) is 0 Å². The lowest BCUT2D eigenvalue weighted by Crippen LogP contribution is -2.52. The average molecular weight is 351 g/mol. The molecule has 2 atom stereocenters.